The Balaban J connectivity index is 1.78. The second kappa shape index (κ2) is 5.65. The zero-order valence-electron chi connectivity index (χ0n) is 11.4. The molecule has 0 aromatic carbocycles. The Morgan fingerprint density at radius 2 is 2.28 bits per heavy atom. The molecular weight excluding hydrogens is 246 g/mol. The van der Waals surface area contributed by atoms with Crippen LogP contribution < -0.4 is 10.6 Å². The summed E-state index contributed by atoms with van der Waals surface area (Å²) < 4.78 is 0. The monoisotopic (exact) mass is 269 g/mol. The molecule has 4 nitrogen and oxygen atoms in total. The third kappa shape index (κ3) is 3.51. The lowest BCUT2D eigenvalue weighted by Gasteiger charge is -2.14. The first-order valence-electron chi connectivity index (χ1n) is 6.51. The summed E-state index contributed by atoms with van der Waals surface area (Å²) in [6.07, 6.45) is 1.77. The zero-order chi connectivity index (χ0) is 13.2. The molecule has 18 heavy (non-hydrogen) atoms. The SMILES string of the molecule is CC(C)(C)c1cnc(CNCC2CNCC2O)s1. The maximum absolute atomic E-state index is 9.68. The Kier molecular flexibility index (Phi) is 4.37. The van der Waals surface area contributed by atoms with Crippen molar-refractivity contribution in [3.63, 3.8) is 0 Å². The van der Waals surface area contributed by atoms with E-state index in [1.54, 1.807) is 11.3 Å². The van der Waals surface area contributed by atoms with E-state index in [-0.39, 0.29) is 11.5 Å². The van der Waals surface area contributed by atoms with E-state index in [1.165, 1.54) is 4.88 Å². The van der Waals surface area contributed by atoms with Crippen molar-refractivity contribution >= 4 is 11.3 Å². The highest BCUT2D eigenvalue weighted by atomic mass is 32.1. The lowest BCUT2D eigenvalue weighted by atomic mass is 9.96. The van der Waals surface area contributed by atoms with Crippen LogP contribution in [0, 0.1) is 5.92 Å². The number of aliphatic hydroxyl groups excluding tert-OH is 1. The highest BCUT2D eigenvalue weighted by Gasteiger charge is 2.24. The van der Waals surface area contributed by atoms with Crippen LogP contribution in [-0.2, 0) is 12.0 Å². The van der Waals surface area contributed by atoms with E-state index < -0.39 is 0 Å². The first kappa shape index (κ1) is 13.9. The van der Waals surface area contributed by atoms with Gasteiger partial charge in [0.1, 0.15) is 5.01 Å². The van der Waals surface area contributed by atoms with Gasteiger partial charge < -0.3 is 15.7 Å². The van der Waals surface area contributed by atoms with Crippen LogP contribution in [0.2, 0.25) is 0 Å². The Morgan fingerprint density at radius 3 is 2.83 bits per heavy atom. The van der Waals surface area contributed by atoms with Crippen molar-refractivity contribution in [1.29, 1.82) is 0 Å². The molecule has 0 aliphatic carbocycles. The number of aromatic nitrogens is 1. The first-order valence-corrected chi connectivity index (χ1v) is 7.33. The van der Waals surface area contributed by atoms with Crippen LogP contribution in [0.15, 0.2) is 6.20 Å². The van der Waals surface area contributed by atoms with Crippen LogP contribution in [-0.4, -0.2) is 35.8 Å². The van der Waals surface area contributed by atoms with Gasteiger partial charge >= 0.3 is 0 Å². The van der Waals surface area contributed by atoms with Gasteiger partial charge in [0.15, 0.2) is 0 Å². The predicted octanol–water partition coefficient (Wildman–Crippen LogP) is 1.11. The normalized spacial score (nSPS) is 24.7. The van der Waals surface area contributed by atoms with E-state index in [4.69, 9.17) is 0 Å². The first-order chi connectivity index (χ1) is 8.47. The standard InChI is InChI=1S/C13H23N3OS/c1-13(2,3)11-7-16-12(18-11)8-15-5-9-4-14-6-10(9)17/h7,9-10,14-15,17H,4-6,8H2,1-3H3. The summed E-state index contributed by atoms with van der Waals surface area (Å²) in [5.41, 5.74) is 0.182. The highest BCUT2D eigenvalue weighted by Crippen LogP contribution is 2.27. The molecule has 0 radical (unpaired) electrons. The summed E-state index contributed by atoms with van der Waals surface area (Å²) in [7, 11) is 0. The predicted molar refractivity (Wildman–Crippen MR) is 74.9 cm³/mol. The van der Waals surface area contributed by atoms with Crippen molar-refractivity contribution in [3.8, 4) is 0 Å². The van der Waals surface area contributed by atoms with Crippen molar-refractivity contribution in [1.82, 2.24) is 15.6 Å². The van der Waals surface area contributed by atoms with Gasteiger partial charge in [-0.05, 0) is 5.41 Å². The topological polar surface area (TPSA) is 57.2 Å². The number of hydrogen-bond donors (Lipinski definition) is 3. The third-order valence-corrected chi connectivity index (χ3v) is 4.70. The summed E-state index contributed by atoms with van der Waals surface area (Å²) in [5.74, 6) is 0.326. The molecule has 1 fully saturated rings. The summed E-state index contributed by atoms with van der Waals surface area (Å²) in [5, 5.41) is 17.4. The number of aliphatic hydroxyl groups is 1. The molecular formula is C13H23N3OS. The molecule has 5 heteroatoms. The van der Waals surface area contributed by atoms with Crippen molar-refractivity contribution in [2.75, 3.05) is 19.6 Å². The smallest absolute Gasteiger partial charge is 0.107 e. The molecule has 1 aromatic rings. The van der Waals surface area contributed by atoms with Crippen molar-refractivity contribution in [2.45, 2.75) is 38.8 Å². The van der Waals surface area contributed by atoms with Gasteiger partial charge in [-0.1, -0.05) is 20.8 Å². The largest absolute Gasteiger partial charge is 0.391 e. The van der Waals surface area contributed by atoms with E-state index in [1.807, 2.05) is 6.20 Å². The molecule has 1 aliphatic rings. The lowest BCUT2D eigenvalue weighted by molar-refractivity contribution is 0.146. The van der Waals surface area contributed by atoms with Gasteiger partial charge in [0.25, 0.3) is 0 Å². The molecule has 2 rings (SSSR count). The molecule has 1 aromatic heterocycles. The number of nitrogens with zero attached hydrogens (tertiary/aromatic N) is 1. The molecule has 0 amide bonds. The average Bonchev–Trinajstić information content (AvgIpc) is 2.88. The fraction of sp³-hybridized carbons (Fsp3) is 0.769. The van der Waals surface area contributed by atoms with Crippen LogP contribution in [0.4, 0.5) is 0 Å². The molecule has 102 valence electrons. The van der Waals surface area contributed by atoms with Crippen LogP contribution >= 0.6 is 11.3 Å². The van der Waals surface area contributed by atoms with Crippen molar-refractivity contribution in [2.24, 2.45) is 5.92 Å². The van der Waals surface area contributed by atoms with Gasteiger partial charge in [-0.15, -0.1) is 11.3 Å². The molecule has 0 spiro atoms. The van der Waals surface area contributed by atoms with E-state index in [2.05, 4.69) is 36.4 Å². The van der Waals surface area contributed by atoms with Gasteiger partial charge in [-0.25, -0.2) is 4.98 Å². The molecule has 2 heterocycles. The fourth-order valence-electron chi connectivity index (χ4n) is 2.03. The van der Waals surface area contributed by atoms with Crippen LogP contribution in [0.25, 0.3) is 0 Å². The maximum Gasteiger partial charge on any atom is 0.107 e. The molecule has 0 saturated carbocycles. The minimum Gasteiger partial charge on any atom is -0.391 e. The number of rotatable bonds is 4. The molecule has 0 bridgehead atoms. The Morgan fingerprint density at radius 1 is 1.50 bits per heavy atom. The summed E-state index contributed by atoms with van der Waals surface area (Å²) in [4.78, 5) is 5.76. The van der Waals surface area contributed by atoms with Gasteiger partial charge in [-0.3, -0.25) is 0 Å². The number of nitrogens with one attached hydrogen (secondary N) is 2. The molecule has 1 aliphatic heterocycles. The van der Waals surface area contributed by atoms with E-state index in [0.29, 0.717) is 5.92 Å². The second-order valence-electron chi connectivity index (χ2n) is 5.98. The number of thiazole rings is 1. The maximum atomic E-state index is 9.68. The molecule has 3 N–H and O–H groups in total. The Labute approximate surface area is 113 Å². The summed E-state index contributed by atoms with van der Waals surface area (Å²) in [6, 6.07) is 0. The molecule has 1 saturated heterocycles. The van der Waals surface area contributed by atoms with E-state index in [9.17, 15) is 5.11 Å². The second-order valence-corrected chi connectivity index (χ2v) is 7.10. The van der Waals surface area contributed by atoms with Crippen molar-refractivity contribution in [3.05, 3.63) is 16.1 Å². The van der Waals surface area contributed by atoms with Crippen LogP contribution in [0.1, 0.15) is 30.7 Å². The van der Waals surface area contributed by atoms with Gasteiger partial charge in [0.05, 0.1) is 6.10 Å². The third-order valence-electron chi connectivity index (χ3n) is 3.28. The highest BCUT2D eigenvalue weighted by molar-refractivity contribution is 7.11. The van der Waals surface area contributed by atoms with Gasteiger partial charge in [0.2, 0.25) is 0 Å². The van der Waals surface area contributed by atoms with Crippen molar-refractivity contribution < 1.29 is 5.11 Å². The lowest BCUT2D eigenvalue weighted by Crippen LogP contribution is -2.30. The van der Waals surface area contributed by atoms with Crippen LogP contribution in [0.3, 0.4) is 0 Å². The Bertz CT molecular complexity index is 386. The summed E-state index contributed by atoms with van der Waals surface area (Å²) >= 11 is 1.77. The van der Waals surface area contributed by atoms with Crippen LogP contribution in [0.5, 0.6) is 0 Å². The van der Waals surface area contributed by atoms with Gasteiger partial charge in [0, 0.05) is 43.2 Å². The minimum absolute atomic E-state index is 0.182. The van der Waals surface area contributed by atoms with E-state index >= 15 is 0 Å². The number of β-amino-alcohol motifs (C(OH)–C–C–N with tert-alkyl or cyclic N) is 1. The van der Waals surface area contributed by atoms with E-state index in [0.717, 1.165) is 31.2 Å². The minimum atomic E-state index is -0.209. The number of hydrogen-bond acceptors (Lipinski definition) is 5. The zero-order valence-corrected chi connectivity index (χ0v) is 12.2. The average molecular weight is 269 g/mol. The fourth-order valence-corrected chi connectivity index (χ4v) is 2.98. The molecule has 2 atom stereocenters. The molecule has 2 unspecified atom stereocenters. The summed E-state index contributed by atoms with van der Waals surface area (Å²) in [6.45, 7) is 9.88. The Hall–Kier alpha value is -0.490. The van der Waals surface area contributed by atoms with Gasteiger partial charge in [-0.2, -0.15) is 0 Å². The quantitative estimate of drug-likeness (QED) is 0.766.